The van der Waals surface area contributed by atoms with Gasteiger partial charge in [-0.3, -0.25) is 10.1 Å². The monoisotopic (exact) mass is 342 g/mol. The van der Waals surface area contributed by atoms with Gasteiger partial charge in [-0.15, -0.1) is 10.2 Å². The topological polar surface area (TPSA) is 106 Å². The van der Waals surface area contributed by atoms with E-state index in [-0.39, 0.29) is 12.4 Å². The molecule has 118 valence electrons. The van der Waals surface area contributed by atoms with Gasteiger partial charge < -0.3 is 14.5 Å². The molecule has 2 aromatic rings. The zero-order valence-corrected chi connectivity index (χ0v) is 13.3. The number of imide groups is 1. The Bertz CT molecular complexity index is 614. The molecule has 0 aliphatic carbocycles. The molecule has 0 bridgehead atoms. The molecule has 0 spiro atoms. The van der Waals surface area contributed by atoms with Gasteiger partial charge in [-0.05, 0) is 19.1 Å². The molecule has 0 saturated heterocycles. The van der Waals surface area contributed by atoms with Crippen LogP contribution in [0.3, 0.4) is 0 Å². The number of carbonyl (C=O) groups is 2. The summed E-state index contributed by atoms with van der Waals surface area (Å²) in [6.45, 7) is 2.39. The second-order valence-corrected chi connectivity index (χ2v) is 6.06. The maximum Gasteiger partial charge on any atom is 0.413 e. The molecule has 2 N–H and O–H groups in total. The summed E-state index contributed by atoms with van der Waals surface area (Å²) in [5.74, 6) is 0.410. The highest BCUT2D eigenvalue weighted by atomic mass is 32.2. The fourth-order valence-electron chi connectivity index (χ4n) is 1.36. The Morgan fingerprint density at radius 1 is 1.45 bits per heavy atom. The van der Waals surface area contributed by atoms with Crippen LogP contribution in [-0.4, -0.2) is 34.6 Å². The highest BCUT2D eigenvalue weighted by Gasteiger charge is 2.11. The van der Waals surface area contributed by atoms with Crippen molar-refractivity contribution in [1.82, 2.24) is 15.5 Å². The van der Waals surface area contributed by atoms with Gasteiger partial charge >= 0.3 is 6.09 Å². The first-order valence-electron chi connectivity index (χ1n) is 6.36. The zero-order chi connectivity index (χ0) is 15.8. The third kappa shape index (κ3) is 5.37. The smallest absolute Gasteiger partial charge is 0.413 e. The largest absolute Gasteiger partial charge is 0.467 e. The van der Waals surface area contributed by atoms with Crippen molar-refractivity contribution in [2.24, 2.45) is 0 Å². The Kier molecular flexibility index (Phi) is 6.22. The summed E-state index contributed by atoms with van der Waals surface area (Å²) in [6.07, 6.45) is 0.853. The second kappa shape index (κ2) is 8.39. The minimum atomic E-state index is -0.744. The van der Waals surface area contributed by atoms with Crippen molar-refractivity contribution in [3.63, 3.8) is 0 Å². The molecule has 2 aromatic heterocycles. The van der Waals surface area contributed by atoms with Gasteiger partial charge in [-0.25, -0.2) is 4.79 Å². The van der Waals surface area contributed by atoms with Crippen LogP contribution in [0.5, 0.6) is 0 Å². The fraction of sp³-hybridized carbons (Fsp3) is 0.333. The minimum absolute atomic E-state index is 0.0611. The van der Waals surface area contributed by atoms with Crippen molar-refractivity contribution < 1.29 is 18.7 Å². The number of nitrogens with one attached hydrogen (secondary N) is 2. The first kappa shape index (κ1) is 16.3. The Labute approximate surface area is 134 Å². The normalized spacial score (nSPS) is 10.2. The van der Waals surface area contributed by atoms with E-state index in [4.69, 9.17) is 4.42 Å². The molecule has 2 amide bonds. The average molecular weight is 342 g/mol. The molecular formula is C12H14N4O4S2. The Hall–Kier alpha value is -2.07. The van der Waals surface area contributed by atoms with Gasteiger partial charge in [-0.1, -0.05) is 23.1 Å². The molecule has 0 saturated carbocycles. The van der Waals surface area contributed by atoms with Crippen LogP contribution in [-0.2, 0) is 16.1 Å². The second-order valence-electron chi connectivity index (χ2n) is 3.86. The number of nitrogens with zero attached hydrogens (tertiary/aromatic N) is 2. The number of alkyl carbamates (subject to hydrolysis) is 1. The molecule has 8 nitrogen and oxygen atoms in total. The van der Waals surface area contributed by atoms with E-state index in [1.54, 1.807) is 19.3 Å². The summed E-state index contributed by atoms with van der Waals surface area (Å²) in [7, 11) is 0. The quantitative estimate of drug-likeness (QED) is 0.737. The van der Waals surface area contributed by atoms with Gasteiger partial charge in [0.1, 0.15) is 5.76 Å². The van der Waals surface area contributed by atoms with Crippen molar-refractivity contribution in [3.8, 4) is 0 Å². The summed E-state index contributed by atoms with van der Waals surface area (Å²) in [4.78, 5) is 22.5. The molecule has 10 heteroatoms. The van der Waals surface area contributed by atoms with Gasteiger partial charge in [0.25, 0.3) is 0 Å². The van der Waals surface area contributed by atoms with Gasteiger partial charge in [0, 0.05) is 0 Å². The van der Waals surface area contributed by atoms with Crippen LogP contribution in [0.2, 0.25) is 0 Å². The van der Waals surface area contributed by atoms with Crippen LogP contribution in [0.1, 0.15) is 12.7 Å². The number of carbonyl (C=O) groups excluding carboxylic acids is 2. The molecule has 0 fully saturated rings. The molecule has 0 aromatic carbocycles. The van der Waals surface area contributed by atoms with Gasteiger partial charge in [-0.2, -0.15) is 0 Å². The molecule has 2 heterocycles. The number of anilines is 1. The van der Waals surface area contributed by atoms with Crippen LogP contribution in [0.15, 0.2) is 27.2 Å². The lowest BCUT2D eigenvalue weighted by Crippen LogP contribution is -2.32. The van der Waals surface area contributed by atoms with Crippen LogP contribution in [0.25, 0.3) is 0 Å². The van der Waals surface area contributed by atoms with Crippen molar-refractivity contribution in [1.29, 1.82) is 0 Å². The summed E-state index contributed by atoms with van der Waals surface area (Å²) >= 11 is 2.51. The molecule has 0 aliphatic heterocycles. The number of ether oxygens (including phenoxy) is 1. The Morgan fingerprint density at radius 3 is 3.05 bits per heavy atom. The van der Waals surface area contributed by atoms with Gasteiger partial charge in [0.2, 0.25) is 11.0 Å². The van der Waals surface area contributed by atoms with Crippen molar-refractivity contribution in [2.75, 3.05) is 17.7 Å². The van der Waals surface area contributed by atoms with Gasteiger partial charge in [0.15, 0.2) is 4.34 Å². The fourth-order valence-corrected chi connectivity index (χ4v) is 2.91. The number of furan rings is 1. The number of thioether (sulfide) groups is 1. The Morgan fingerprint density at radius 2 is 2.32 bits per heavy atom. The standard InChI is InChI=1S/C12H14N4O4S2/c1-2-19-11(18)14-9(17)7-21-12-16-15-10(22-12)13-6-8-4-3-5-20-8/h3-5H,2,6-7H2,1H3,(H,13,15)(H,14,17,18). The third-order valence-electron chi connectivity index (χ3n) is 2.24. The highest BCUT2D eigenvalue weighted by Crippen LogP contribution is 2.25. The van der Waals surface area contributed by atoms with Crippen molar-refractivity contribution >= 4 is 40.2 Å². The summed E-state index contributed by atoms with van der Waals surface area (Å²) in [5.41, 5.74) is 0. The molecule has 0 unspecified atom stereocenters. The van der Waals surface area contributed by atoms with Crippen LogP contribution < -0.4 is 10.6 Å². The van der Waals surface area contributed by atoms with E-state index < -0.39 is 12.0 Å². The lowest BCUT2D eigenvalue weighted by atomic mass is 10.4. The van der Waals surface area contributed by atoms with E-state index in [0.717, 1.165) is 5.76 Å². The molecule has 0 aliphatic rings. The number of hydrogen-bond acceptors (Lipinski definition) is 9. The lowest BCUT2D eigenvalue weighted by molar-refractivity contribution is -0.117. The third-order valence-corrected chi connectivity index (χ3v) is 4.26. The number of rotatable bonds is 7. The SMILES string of the molecule is CCOC(=O)NC(=O)CSc1nnc(NCc2ccco2)s1. The number of aromatic nitrogens is 2. The average Bonchev–Trinajstić information content (AvgIpc) is 3.15. The first-order valence-corrected chi connectivity index (χ1v) is 8.16. The maximum atomic E-state index is 11.5. The van der Waals surface area contributed by atoms with E-state index in [1.165, 1.54) is 23.1 Å². The molecule has 22 heavy (non-hydrogen) atoms. The highest BCUT2D eigenvalue weighted by molar-refractivity contribution is 8.01. The van der Waals surface area contributed by atoms with Crippen LogP contribution in [0, 0.1) is 0 Å². The summed E-state index contributed by atoms with van der Waals surface area (Å²) in [6, 6.07) is 3.66. The minimum Gasteiger partial charge on any atom is -0.467 e. The van der Waals surface area contributed by atoms with E-state index in [0.29, 0.717) is 16.0 Å². The lowest BCUT2D eigenvalue weighted by Gasteiger charge is -2.02. The maximum absolute atomic E-state index is 11.5. The van der Waals surface area contributed by atoms with E-state index in [2.05, 4.69) is 25.6 Å². The predicted molar refractivity (Wildman–Crippen MR) is 81.8 cm³/mol. The summed E-state index contributed by atoms with van der Waals surface area (Å²) in [5, 5.41) is 13.7. The molecule has 0 radical (unpaired) electrons. The van der Waals surface area contributed by atoms with E-state index >= 15 is 0 Å². The zero-order valence-electron chi connectivity index (χ0n) is 11.7. The molecule has 2 rings (SSSR count). The number of amides is 2. The van der Waals surface area contributed by atoms with Crippen molar-refractivity contribution in [2.45, 2.75) is 17.8 Å². The predicted octanol–water partition coefficient (Wildman–Crippen LogP) is 2.11. The first-order chi connectivity index (χ1) is 10.7. The Balaban J connectivity index is 1.72. The number of hydrogen-bond donors (Lipinski definition) is 2. The van der Waals surface area contributed by atoms with Crippen molar-refractivity contribution in [3.05, 3.63) is 24.2 Å². The summed E-state index contributed by atoms with van der Waals surface area (Å²) < 4.78 is 10.4. The molecular weight excluding hydrogens is 328 g/mol. The van der Waals surface area contributed by atoms with E-state index in [1.807, 2.05) is 6.07 Å². The molecule has 0 atom stereocenters. The van der Waals surface area contributed by atoms with E-state index in [9.17, 15) is 9.59 Å². The van der Waals surface area contributed by atoms with Crippen LogP contribution >= 0.6 is 23.1 Å². The van der Waals surface area contributed by atoms with Crippen LogP contribution in [0.4, 0.5) is 9.93 Å². The van der Waals surface area contributed by atoms with Gasteiger partial charge in [0.05, 0.1) is 25.2 Å².